The molecule has 0 spiro atoms. The van der Waals surface area contributed by atoms with Gasteiger partial charge in [-0.05, 0) is 38.3 Å². The number of fused-ring (bicyclic) bond motifs is 3. The van der Waals surface area contributed by atoms with Crippen LogP contribution in [0.15, 0.2) is 12.1 Å². The van der Waals surface area contributed by atoms with Crippen molar-refractivity contribution in [2.75, 3.05) is 32.1 Å². The number of imidazole rings is 1. The smallest absolute Gasteiger partial charge is 0.249 e. The van der Waals surface area contributed by atoms with Crippen molar-refractivity contribution in [1.82, 2.24) is 20.3 Å². The third-order valence-electron chi connectivity index (χ3n) is 5.56. The fourth-order valence-electron chi connectivity index (χ4n) is 4.08. The molecule has 1 saturated heterocycles. The molecule has 9 heteroatoms. The highest BCUT2D eigenvalue weighted by Crippen LogP contribution is 2.34. The molecular formula is C23H31N5O4. The number of nitrogen functional groups attached to an aromatic ring is 1. The highest BCUT2D eigenvalue weighted by atomic mass is 16.5. The molecule has 3 heterocycles. The van der Waals surface area contributed by atoms with Crippen LogP contribution in [0.2, 0.25) is 0 Å². The average Bonchev–Trinajstić information content (AvgIpc) is 3.47. The number of pyridine rings is 1. The summed E-state index contributed by atoms with van der Waals surface area (Å²) in [5, 5.41) is 3.84. The fraction of sp³-hybridized carbons (Fsp3) is 0.522. The largest absolute Gasteiger partial charge is 0.491 e. The highest BCUT2D eigenvalue weighted by molar-refractivity contribution is 6.08. The Labute approximate surface area is 187 Å². The van der Waals surface area contributed by atoms with Gasteiger partial charge >= 0.3 is 0 Å². The molecule has 1 fully saturated rings. The van der Waals surface area contributed by atoms with Gasteiger partial charge in [-0.3, -0.25) is 4.79 Å². The predicted octanol–water partition coefficient (Wildman–Crippen LogP) is 2.86. The van der Waals surface area contributed by atoms with Gasteiger partial charge in [0.05, 0.1) is 12.1 Å². The first kappa shape index (κ1) is 22.3. The minimum absolute atomic E-state index is 0.0712. The number of aromatic nitrogens is 3. The zero-order valence-corrected chi connectivity index (χ0v) is 18.7. The lowest BCUT2D eigenvalue weighted by Crippen LogP contribution is -2.36. The number of nitrogens with two attached hydrogens (primary N) is 1. The first-order chi connectivity index (χ1) is 15.6. The first-order valence-electron chi connectivity index (χ1n) is 11.3. The summed E-state index contributed by atoms with van der Waals surface area (Å²) in [6.45, 7) is 6.49. The Bertz CT molecular complexity index is 1090. The van der Waals surface area contributed by atoms with Gasteiger partial charge in [-0.1, -0.05) is 13.3 Å². The third-order valence-corrected chi connectivity index (χ3v) is 5.56. The molecule has 0 radical (unpaired) electrons. The maximum atomic E-state index is 12.1. The van der Waals surface area contributed by atoms with Crippen LogP contribution < -0.4 is 15.8 Å². The summed E-state index contributed by atoms with van der Waals surface area (Å²) in [6.07, 6.45) is 3.12. The van der Waals surface area contributed by atoms with Crippen LogP contribution >= 0.6 is 0 Å². The van der Waals surface area contributed by atoms with Crippen LogP contribution in [-0.4, -0.2) is 53.3 Å². The Morgan fingerprint density at radius 1 is 1.34 bits per heavy atom. The molecule has 3 aromatic rings. The number of hydrogen-bond acceptors (Lipinski definition) is 7. The maximum Gasteiger partial charge on any atom is 0.249 e. The summed E-state index contributed by atoms with van der Waals surface area (Å²) in [5.41, 5.74) is 9.52. The van der Waals surface area contributed by atoms with Crippen LogP contribution in [0.5, 0.6) is 5.75 Å². The monoisotopic (exact) mass is 441 g/mol. The maximum absolute atomic E-state index is 12.1. The van der Waals surface area contributed by atoms with Gasteiger partial charge in [-0.2, -0.15) is 0 Å². The summed E-state index contributed by atoms with van der Waals surface area (Å²) >= 11 is 0. The van der Waals surface area contributed by atoms with E-state index in [1.165, 1.54) is 0 Å². The van der Waals surface area contributed by atoms with Gasteiger partial charge in [0.1, 0.15) is 47.7 Å². The van der Waals surface area contributed by atoms with Crippen molar-refractivity contribution in [2.45, 2.75) is 52.2 Å². The van der Waals surface area contributed by atoms with Crippen molar-refractivity contribution in [1.29, 1.82) is 0 Å². The number of aryl methyl sites for hydroxylation is 1. The summed E-state index contributed by atoms with van der Waals surface area (Å²) < 4.78 is 17.0. The number of nitrogens with one attached hydrogen (secondary N) is 2. The van der Waals surface area contributed by atoms with Crippen molar-refractivity contribution in [2.24, 2.45) is 0 Å². The van der Waals surface area contributed by atoms with E-state index < -0.39 is 0 Å². The highest BCUT2D eigenvalue weighted by Gasteiger charge is 2.23. The van der Waals surface area contributed by atoms with Gasteiger partial charge in [0.15, 0.2) is 0 Å². The first-order valence-corrected chi connectivity index (χ1v) is 11.3. The van der Waals surface area contributed by atoms with Gasteiger partial charge < -0.3 is 30.2 Å². The standard InChI is InChI=1S/C23H31N5O4/c1-3-6-14-16(32-12-10-25-23(29)17-7-5-11-31-17)9-8-15-19(14)20-21(22(24)26-15)28-18(27-20)13-30-4-2/h8-9,17H,3-7,10-13H2,1-2H3,(H2,24,26)(H,25,29)(H,27,28). The van der Waals surface area contributed by atoms with Gasteiger partial charge in [0.25, 0.3) is 0 Å². The quantitative estimate of drug-likeness (QED) is 0.413. The SMILES string of the molecule is CCCc1c(OCCNC(=O)C2CCCO2)ccc2nc(N)c3[nH]c(COCC)nc3c12. The third kappa shape index (κ3) is 4.63. The molecule has 172 valence electrons. The number of rotatable bonds is 10. The predicted molar refractivity (Wildman–Crippen MR) is 123 cm³/mol. The van der Waals surface area contributed by atoms with E-state index in [9.17, 15) is 4.79 Å². The molecule has 1 unspecified atom stereocenters. The van der Waals surface area contributed by atoms with E-state index in [1.54, 1.807) is 0 Å². The molecule has 0 bridgehead atoms. The second-order valence-corrected chi connectivity index (χ2v) is 7.87. The van der Waals surface area contributed by atoms with E-state index >= 15 is 0 Å². The molecule has 4 rings (SSSR count). The number of hydrogen-bond donors (Lipinski definition) is 3. The Morgan fingerprint density at radius 2 is 2.22 bits per heavy atom. The van der Waals surface area contributed by atoms with Crippen molar-refractivity contribution in [3.63, 3.8) is 0 Å². The Morgan fingerprint density at radius 3 is 2.97 bits per heavy atom. The molecule has 1 atom stereocenters. The normalized spacial score (nSPS) is 16.1. The second kappa shape index (κ2) is 10.1. The molecule has 1 aliphatic rings. The van der Waals surface area contributed by atoms with Crippen LogP contribution in [0.4, 0.5) is 5.82 Å². The van der Waals surface area contributed by atoms with Gasteiger partial charge in [0.2, 0.25) is 5.91 Å². The molecule has 32 heavy (non-hydrogen) atoms. The Kier molecular flexibility index (Phi) is 7.06. The van der Waals surface area contributed by atoms with Crippen LogP contribution in [0.3, 0.4) is 0 Å². The van der Waals surface area contributed by atoms with Gasteiger partial charge in [0, 0.05) is 24.2 Å². The average molecular weight is 442 g/mol. The summed E-state index contributed by atoms with van der Waals surface area (Å²) in [4.78, 5) is 24.7. The minimum atomic E-state index is -0.332. The lowest BCUT2D eigenvalue weighted by atomic mass is 10.0. The molecular weight excluding hydrogens is 410 g/mol. The van der Waals surface area contributed by atoms with Crippen LogP contribution in [-0.2, 0) is 27.3 Å². The Hall–Kier alpha value is -2.91. The number of ether oxygens (including phenoxy) is 3. The van der Waals surface area contributed by atoms with E-state index in [0.29, 0.717) is 50.1 Å². The molecule has 0 aliphatic carbocycles. The number of anilines is 1. The zero-order valence-electron chi connectivity index (χ0n) is 18.7. The molecule has 1 aliphatic heterocycles. The van der Waals surface area contributed by atoms with E-state index in [0.717, 1.165) is 53.4 Å². The van der Waals surface area contributed by atoms with Crippen molar-refractivity contribution >= 4 is 33.7 Å². The van der Waals surface area contributed by atoms with Crippen LogP contribution in [0.1, 0.15) is 44.5 Å². The molecule has 1 aromatic carbocycles. The van der Waals surface area contributed by atoms with Gasteiger partial charge in [-0.15, -0.1) is 0 Å². The number of carbonyl (C=O) groups excluding carboxylic acids is 1. The minimum Gasteiger partial charge on any atom is -0.491 e. The topological polar surface area (TPSA) is 124 Å². The van der Waals surface area contributed by atoms with E-state index in [2.05, 4.69) is 22.2 Å². The van der Waals surface area contributed by atoms with Crippen molar-refractivity contribution in [3.8, 4) is 5.75 Å². The number of benzene rings is 1. The van der Waals surface area contributed by atoms with Crippen LogP contribution in [0, 0.1) is 0 Å². The number of aromatic amines is 1. The number of amides is 1. The number of nitrogens with zero attached hydrogens (tertiary/aromatic N) is 2. The number of H-pyrrole nitrogens is 1. The Balaban J connectivity index is 1.58. The summed E-state index contributed by atoms with van der Waals surface area (Å²) in [7, 11) is 0. The molecule has 2 aromatic heterocycles. The van der Waals surface area contributed by atoms with Crippen molar-refractivity contribution in [3.05, 3.63) is 23.5 Å². The van der Waals surface area contributed by atoms with Crippen LogP contribution in [0.25, 0.3) is 21.9 Å². The lowest BCUT2D eigenvalue weighted by molar-refractivity contribution is -0.130. The fourth-order valence-corrected chi connectivity index (χ4v) is 4.08. The van der Waals surface area contributed by atoms with Gasteiger partial charge in [-0.25, -0.2) is 9.97 Å². The molecule has 0 saturated carbocycles. The van der Waals surface area contributed by atoms with E-state index in [-0.39, 0.29) is 12.0 Å². The van der Waals surface area contributed by atoms with E-state index in [1.807, 2.05) is 19.1 Å². The zero-order chi connectivity index (χ0) is 22.5. The molecule has 9 nitrogen and oxygen atoms in total. The van der Waals surface area contributed by atoms with E-state index in [4.69, 9.17) is 24.9 Å². The molecule has 4 N–H and O–H groups in total. The lowest BCUT2D eigenvalue weighted by Gasteiger charge is -2.15. The summed E-state index contributed by atoms with van der Waals surface area (Å²) in [5.74, 6) is 1.83. The summed E-state index contributed by atoms with van der Waals surface area (Å²) in [6, 6.07) is 3.82. The molecule has 1 amide bonds. The van der Waals surface area contributed by atoms with Crippen molar-refractivity contribution < 1.29 is 19.0 Å². The number of carbonyl (C=O) groups is 1. The second-order valence-electron chi connectivity index (χ2n) is 7.87.